The van der Waals surface area contributed by atoms with Crippen LogP contribution < -0.4 is 5.32 Å². The summed E-state index contributed by atoms with van der Waals surface area (Å²) in [6, 6.07) is 5.80. The fourth-order valence-corrected chi connectivity index (χ4v) is 5.25. The molecular formula is C21H32N2O5S. The fraction of sp³-hybridized carbons (Fsp3) is 0.619. The Labute approximate surface area is 173 Å². The lowest BCUT2D eigenvalue weighted by Gasteiger charge is -2.34. The first-order valence-corrected chi connectivity index (χ1v) is 11.7. The molecule has 2 rings (SSSR count). The quantitative estimate of drug-likeness (QED) is 0.648. The zero-order valence-corrected chi connectivity index (χ0v) is 18.5. The van der Waals surface area contributed by atoms with Crippen LogP contribution >= 0.6 is 0 Å². The first kappa shape index (κ1) is 23.3. The highest BCUT2D eigenvalue weighted by atomic mass is 32.2. The number of carbonyl (C=O) groups is 2. The summed E-state index contributed by atoms with van der Waals surface area (Å²) in [6.07, 6.45) is 3.16. The number of hydrogen-bond acceptors (Lipinski definition) is 5. The molecule has 7 nitrogen and oxygen atoms in total. The van der Waals surface area contributed by atoms with Gasteiger partial charge in [0.1, 0.15) is 0 Å². The molecule has 0 aliphatic heterocycles. The molecule has 0 bridgehead atoms. The Morgan fingerprint density at radius 1 is 1.17 bits per heavy atom. The van der Waals surface area contributed by atoms with Crippen molar-refractivity contribution in [1.29, 1.82) is 0 Å². The van der Waals surface area contributed by atoms with E-state index in [1.54, 1.807) is 13.8 Å². The number of benzene rings is 1. The summed E-state index contributed by atoms with van der Waals surface area (Å²) in [5.41, 5.74) is 0.102. The molecule has 0 saturated heterocycles. The highest BCUT2D eigenvalue weighted by Gasteiger charge is 2.28. The van der Waals surface area contributed by atoms with Crippen molar-refractivity contribution >= 4 is 21.9 Å². The zero-order chi connectivity index (χ0) is 21.6. The largest absolute Gasteiger partial charge is 0.452 e. The van der Waals surface area contributed by atoms with Crippen LogP contribution in [0.1, 0.15) is 57.3 Å². The highest BCUT2D eigenvalue weighted by molar-refractivity contribution is 7.89. The van der Waals surface area contributed by atoms with Crippen molar-refractivity contribution in [3.05, 3.63) is 29.8 Å². The molecule has 0 aromatic heterocycles. The second-order valence-corrected chi connectivity index (χ2v) is 9.57. The lowest BCUT2D eigenvalue weighted by atomic mass is 9.78. The monoisotopic (exact) mass is 424 g/mol. The van der Waals surface area contributed by atoms with Gasteiger partial charge in [-0.25, -0.2) is 13.2 Å². The normalized spacial score (nSPS) is 22.3. The van der Waals surface area contributed by atoms with E-state index in [0.29, 0.717) is 24.9 Å². The first-order chi connectivity index (χ1) is 13.7. The number of sulfonamides is 1. The van der Waals surface area contributed by atoms with E-state index in [2.05, 4.69) is 19.2 Å². The smallest absolute Gasteiger partial charge is 0.338 e. The Morgan fingerprint density at radius 3 is 2.52 bits per heavy atom. The maximum atomic E-state index is 12.6. The zero-order valence-electron chi connectivity index (χ0n) is 17.7. The molecule has 1 aliphatic rings. The summed E-state index contributed by atoms with van der Waals surface area (Å²) in [6.45, 7) is 8.11. The first-order valence-electron chi connectivity index (χ1n) is 10.3. The SMILES string of the molecule is CCN(CC)S(=O)(=O)c1cccc(C(=O)OCC(=O)N[C@@H]2CCC[C@H](C)[C@@H]2C)c1. The van der Waals surface area contributed by atoms with E-state index in [4.69, 9.17) is 4.74 Å². The van der Waals surface area contributed by atoms with Gasteiger partial charge in [-0.05, 0) is 36.5 Å². The molecule has 0 radical (unpaired) electrons. The number of amides is 1. The van der Waals surface area contributed by atoms with Crippen LogP contribution in [0.4, 0.5) is 0 Å². The molecule has 8 heteroatoms. The van der Waals surface area contributed by atoms with E-state index in [9.17, 15) is 18.0 Å². The van der Waals surface area contributed by atoms with E-state index >= 15 is 0 Å². The van der Waals surface area contributed by atoms with Gasteiger partial charge in [0.15, 0.2) is 6.61 Å². The standard InChI is InChI=1S/C21H32N2O5S/c1-5-23(6-2)29(26,27)18-11-8-10-17(13-18)21(25)28-14-20(24)22-19-12-7-9-15(3)16(19)4/h8,10-11,13,15-16,19H,5-7,9,12,14H2,1-4H3,(H,22,24)/t15-,16-,19+/m0/s1. The summed E-state index contributed by atoms with van der Waals surface area (Å²) in [7, 11) is -3.67. The molecule has 1 aromatic rings. The van der Waals surface area contributed by atoms with Crippen LogP contribution in [0.25, 0.3) is 0 Å². The molecule has 1 saturated carbocycles. The molecular weight excluding hydrogens is 392 g/mol. The highest BCUT2D eigenvalue weighted by Crippen LogP contribution is 2.29. The van der Waals surface area contributed by atoms with E-state index in [1.807, 2.05) is 0 Å². The number of nitrogens with zero attached hydrogens (tertiary/aromatic N) is 1. The summed E-state index contributed by atoms with van der Waals surface area (Å²) >= 11 is 0. The van der Waals surface area contributed by atoms with Gasteiger partial charge in [-0.3, -0.25) is 4.79 Å². The maximum absolute atomic E-state index is 12.6. The molecule has 1 aliphatic carbocycles. The van der Waals surface area contributed by atoms with Gasteiger partial charge < -0.3 is 10.1 Å². The molecule has 3 atom stereocenters. The topological polar surface area (TPSA) is 92.8 Å². The van der Waals surface area contributed by atoms with Gasteiger partial charge in [-0.1, -0.05) is 46.6 Å². The number of carbonyl (C=O) groups excluding carboxylic acids is 2. The average molecular weight is 425 g/mol. The van der Waals surface area contributed by atoms with Gasteiger partial charge in [0.2, 0.25) is 10.0 Å². The lowest BCUT2D eigenvalue weighted by molar-refractivity contribution is -0.125. The van der Waals surface area contributed by atoms with Crippen LogP contribution in [0.3, 0.4) is 0 Å². The maximum Gasteiger partial charge on any atom is 0.338 e. The fourth-order valence-electron chi connectivity index (χ4n) is 3.74. The second-order valence-electron chi connectivity index (χ2n) is 7.63. The van der Waals surface area contributed by atoms with Gasteiger partial charge in [0.25, 0.3) is 5.91 Å². The number of rotatable bonds is 8. The van der Waals surface area contributed by atoms with Crippen LogP contribution in [0.5, 0.6) is 0 Å². The molecule has 29 heavy (non-hydrogen) atoms. The van der Waals surface area contributed by atoms with Gasteiger partial charge >= 0.3 is 5.97 Å². The van der Waals surface area contributed by atoms with Crippen molar-refractivity contribution in [2.45, 2.75) is 57.9 Å². The van der Waals surface area contributed by atoms with Crippen molar-refractivity contribution in [2.24, 2.45) is 11.8 Å². The number of hydrogen-bond donors (Lipinski definition) is 1. The molecule has 162 valence electrons. The van der Waals surface area contributed by atoms with Gasteiger partial charge in [0.05, 0.1) is 10.5 Å². The third-order valence-electron chi connectivity index (χ3n) is 5.80. The Balaban J connectivity index is 1.98. The van der Waals surface area contributed by atoms with E-state index in [1.165, 1.54) is 28.6 Å². The van der Waals surface area contributed by atoms with Gasteiger partial charge in [-0.15, -0.1) is 0 Å². The van der Waals surface area contributed by atoms with E-state index in [0.717, 1.165) is 19.3 Å². The van der Waals surface area contributed by atoms with Crippen molar-refractivity contribution in [3.8, 4) is 0 Å². The molecule has 0 spiro atoms. The third kappa shape index (κ3) is 5.79. The summed E-state index contributed by atoms with van der Waals surface area (Å²) in [4.78, 5) is 24.6. The molecule has 1 aromatic carbocycles. The summed E-state index contributed by atoms with van der Waals surface area (Å²) in [5.74, 6) is -0.129. The van der Waals surface area contributed by atoms with E-state index in [-0.39, 0.29) is 29.0 Å². The Morgan fingerprint density at radius 2 is 1.86 bits per heavy atom. The minimum atomic E-state index is -3.67. The van der Waals surface area contributed by atoms with Gasteiger partial charge in [-0.2, -0.15) is 4.31 Å². The second kappa shape index (κ2) is 10.2. The van der Waals surface area contributed by atoms with E-state index < -0.39 is 16.0 Å². The third-order valence-corrected chi connectivity index (χ3v) is 7.85. The number of esters is 1. The summed E-state index contributed by atoms with van der Waals surface area (Å²) < 4.78 is 31.7. The molecule has 0 heterocycles. The number of ether oxygens (including phenoxy) is 1. The summed E-state index contributed by atoms with van der Waals surface area (Å²) in [5, 5.41) is 2.95. The lowest BCUT2D eigenvalue weighted by Crippen LogP contribution is -2.45. The van der Waals surface area contributed by atoms with Crippen LogP contribution in [-0.2, 0) is 19.6 Å². The van der Waals surface area contributed by atoms with Crippen molar-refractivity contribution in [3.63, 3.8) is 0 Å². The van der Waals surface area contributed by atoms with Crippen molar-refractivity contribution in [2.75, 3.05) is 19.7 Å². The van der Waals surface area contributed by atoms with Crippen LogP contribution in [-0.4, -0.2) is 50.3 Å². The Bertz CT molecular complexity index is 820. The predicted molar refractivity (Wildman–Crippen MR) is 111 cm³/mol. The number of nitrogens with one attached hydrogen (secondary N) is 1. The van der Waals surface area contributed by atoms with Crippen LogP contribution in [0, 0.1) is 11.8 Å². The molecule has 0 unspecified atom stereocenters. The van der Waals surface area contributed by atoms with Crippen molar-refractivity contribution < 1.29 is 22.7 Å². The molecule has 1 N–H and O–H groups in total. The molecule has 1 amide bonds. The van der Waals surface area contributed by atoms with Gasteiger partial charge in [0, 0.05) is 19.1 Å². The Hall–Kier alpha value is -1.93. The van der Waals surface area contributed by atoms with Crippen LogP contribution in [0.15, 0.2) is 29.2 Å². The average Bonchev–Trinajstić information content (AvgIpc) is 2.70. The van der Waals surface area contributed by atoms with Crippen LogP contribution in [0.2, 0.25) is 0 Å². The van der Waals surface area contributed by atoms with Crippen molar-refractivity contribution in [1.82, 2.24) is 9.62 Å². The molecule has 1 fully saturated rings. The minimum absolute atomic E-state index is 0.0325. The minimum Gasteiger partial charge on any atom is -0.452 e. The predicted octanol–water partition coefficient (Wildman–Crippen LogP) is 2.81. The Kier molecular flexibility index (Phi) is 8.22.